The molecule has 0 bridgehead atoms. The zero-order valence-electron chi connectivity index (χ0n) is 19.1. The van der Waals surface area contributed by atoms with Gasteiger partial charge in [0.1, 0.15) is 6.33 Å². The van der Waals surface area contributed by atoms with Crippen molar-refractivity contribution >= 4 is 16.7 Å². The Morgan fingerprint density at radius 3 is 2.69 bits per heavy atom. The van der Waals surface area contributed by atoms with Gasteiger partial charge in [-0.3, -0.25) is 4.57 Å². The van der Waals surface area contributed by atoms with Gasteiger partial charge in [-0.25, -0.2) is 14.3 Å². The lowest BCUT2D eigenvalue weighted by molar-refractivity contribution is 0.281. The number of methoxy groups -OCH3 is 1. The summed E-state index contributed by atoms with van der Waals surface area (Å²) in [7, 11) is 1.63. The molecule has 2 N–H and O–H groups in total. The number of ether oxygens (including phenoxy) is 1. The molecule has 0 amide bonds. The van der Waals surface area contributed by atoms with E-state index in [0.29, 0.717) is 23.5 Å². The van der Waals surface area contributed by atoms with Crippen LogP contribution in [0.3, 0.4) is 0 Å². The van der Waals surface area contributed by atoms with Crippen molar-refractivity contribution in [1.29, 1.82) is 0 Å². The molecule has 3 aromatic heterocycles. The van der Waals surface area contributed by atoms with Crippen LogP contribution in [0.15, 0.2) is 35.5 Å². The van der Waals surface area contributed by atoms with Crippen LogP contribution >= 0.6 is 0 Å². The lowest BCUT2D eigenvalue weighted by Crippen LogP contribution is -2.38. The van der Waals surface area contributed by atoms with Crippen molar-refractivity contribution in [2.45, 2.75) is 64.6 Å². The van der Waals surface area contributed by atoms with Crippen LogP contribution in [0.4, 0.5) is 0 Å². The Balaban J connectivity index is 1.52. The van der Waals surface area contributed by atoms with Gasteiger partial charge in [0.2, 0.25) is 0 Å². The van der Waals surface area contributed by atoms with Gasteiger partial charge < -0.3 is 15.0 Å². The summed E-state index contributed by atoms with van der Waals surface area (Å²) in [4.78, 5) is 20.3. The molecular formula is C24H30N6O2. The number of aryl methyl sites for hydroxylation is 1. The van der Waals surface area contributed by atoms with Gasteiger partial charge in [0.15, 0.2) is 11.4 Å². The zero-order valence-corrected chi connectivity index (χ0v) is 19.1. The maximum Gasteiger partial charge on any atom is 0.326 e. The molecule has 4 aromatic rings. The van der Waals surface area contributed by atoms with Crippen LogP contribution in [0.1, 0.15) is 51.1 Å². The largest absolute Gasteiger partial charge is 0.493 e. The molecule has 1 fully saturated rings. The molecule has 8 nitrogen and oxygen atoms in total. The van der Waals surface area contributed by atoms with Crippen molar-refractivity contribution < 1.29 is 4.74 Å². The van der Waals surface area contributed by atoms with Gasteiger partial charge in [0.05, 0.1) is 18.1 Å². The normalized spacial score (nSPS) is 19.3. The van der Waals surface area contributed by atoms with Crippen LogP contribution in [-0.2, 0) is 0 Å². The first-order valence-corrected chi connectivity index (χ1v) is 11.3. The highest BCUT2D eigenvalue weighted by molar-refractivity contribution is 5.85. The maximum absolute atomic E-state index is 12.9. The summed E-state index contributed by atoms with van der Waals surface area (Å²) in [6.45, 7) is 6.46. The molecule has 168 valence electrons. The van der Waals surface area contributed by atoms with Gasteiger partial charge in [0, 0.05) is 29.9 Å². The van der Waals surface area contributed by atoms with E-state index in [1.165, 1.54) is 6.33 Å². The molecule has 3 heterocycles. The van der Waals surface area contributed by atoms with Crippen LogP contribution < -0.4 is 15.7 Å². The van der Waals surface area contributed by atoms with Crippen molar-refractivity contribution in [2.24, 2.45) is 0 Å². The molecule has 5 rings (SSSR count). The fourth-order valence-electron chi connectivity index (χ4n) is 5.12. The number of hydrogen-bond donors (Lipinski definition) is 2. The Kier molecular flexibility index (Phi) is 5.25. The average molecular weight is 435 g/mol. The summed E-state index contributed by atoms with van der Waals surface area (Å²) >= 11 is 0. The molecular weight excluding hydrogens is 404 g/mol. The molecule has 1 aromatic carbocycles. The molecule has 0 radical (unpaired) electrons. The second-order valence-corrected chi connectivity index (χ2v) is 9.14. The minimum absolute atomic E-state index is 0.0267. The Hall–Kier alpha value is -3.13. The van der Waals surface area contributed by atoms with E-state index in [2.05, 4.69) is 53.3 Å². The van der Waals surface area contributed by atoms with E-state index < -0.39 is 0 Å². The fraction of sp³-hybridized carbons (Fsp3) is 0.458. The van der Waals surface area contributed by atoms with Gasteiger partial charge in [-0.1, -0.05) is 13.8 Å². The van der Waals surface area contributed by atoms with Crippen LogP contribution in [0.25, 0.3) is 27.8 Å². The van der Waals surface area contributed by atoms with Crippen LogP contribution in [-0.4, -0.2) is 43.3 Å². The number of nitrogens with one attached hydrogen (secondary N) is 2. The third-order valence-electron chi connectivity index (χ3n) is 6.57. The first-order valence-electron chi connectivity index (χ1n) is 11.3. The fourth-order valence-corrected chi connectivity index (χ4v) is 5.12. The van der Waals surface area contributed by atoms with Crippen LogP contribution in [0, 0.1) is 6.92 Å². The minimum atomic E-state index is -0.0267. The van der Waals surface area contributed by atoms with E-state index in [9.17, 15) is 4.79 Å². The van der Waals surface area contributed by atoms with E-state index in [0.717, 1.165) is 53.4 Å². The minimum Gasteiger partial charge on any atom is -0.493 e. The SMILES string of the molecule is COc1cc(-c2cc3[nH]c(=O)n([C@H]4CC[C@@H](NC(C)C)CC4)c3cc2C)cn2ncnc12. The maximum atomic E-state index is 12.9. The Bertz CT molecular complexity index is 1320. The molecule has 0 aliphatic heterocycles. The number of aromatic amines is 1. The van der Waals surface area contributed by atoms with Gasteiger partial charge in [-0.2, -0.15) is 5.10 Å². The highest BCUT2D eigenvalue weighted by Gasteiger charge is 2.25. The van der Waals surface area contributed by atoms with E-state index >= 15 is 0 Å². The quantitative estimate of drug-likeness (QED) is 0.498. The van der Waals surface area contributed by atoms with Gasteiger partial charge in [-0.05, 0) is 61.9 Å². The van der Waals surface area contributed by atoms with Gasteiger partial charge in [-0.15, -0.1) is 0 Å². The molecule has 0 spiro atoms. The number of rotatable bonds is 5. The Morgan fingerprint density at radius 1 is 1.19 bits per heavy atom. The number of benzene rings is 1. The van der Waals surface area contributed by atoms with E-state index in [4.69, 9.17) is 4.74 Å². The van der Waals surface area contributed by atoms with Gasteiger partial charge >= 0.3 is 5.69 Å². The molecule has 1 aliphatic rings. The summed E-state index contributed by atoms with van der Waals surface area (Å²) in [6.07, 6.45) is 7.67. The topological polar surface area (TPSA) is 89.2 Å². The van der Waals surface area contributed by atoms with Crippen LogP contribution in [0.5, 0.6) is 5.75 Å². The van der Waals surface area contributed by atoms with E-state index in [-0.39, 0.29) is 11.7 Å². The Labute approximate surface area is 186 Å². The summed E-state index contributed by atoms with van der Waals surface area (Å²) in [5.74, 6) is 0.664. The standard InChI is InChI=1S/C24H30N6O2/c1-14(2)27-17-5-7-18(8-6-17)30-21-9-15(3)19(11-20(21)28-24(30)31)16-10-22(32-4)23-25-13-26-29(23)12-16/h9-14,17-18,27H,5-8H2,1-4H3,(H,28,31)/t17-,18+. The molecule has 1 aliphatic carbocycles. The number of H-pyrrole nitrogens is 1. The summed E-state index contributed by atoms with van der Waals surface area (Å²) in [5, 5.41) is 7.90. The number of fused-ring (bicyclic) bond motifs is 2. The number of aromatic nitrogens is 5. The predicted octanol–water partition coefficient (Wildman–Crippen LogP) is 3.84. The smallest absolute Gasteiger partial charge is 0.326 e. The first-order chi connectivity index (χ1) is 15.4. The van der Waals surface area contributed by atoms with Gasteiger partial charge in [0.25, 0.3) is 0 Å². The van der Waals surface area contributed by atoms with Crippen molar-refractivity contribution in [3.8, 4) is 16.9 Å². The summed E-state index contributed by atoms with van der Waals surface area (Å²) in [5.41, 5.74) is 5.58. The molecule has 0 unspecified atom stereocenters. The van der Waals surface area contributed by atoms with E-state index in [1.807, 2.05) is 16.8 Å². The molecule has 8 heteroatoms. The lowest BCUT2D eigenvalue weighted by Gasteiger charge is -2.31. The summed E-state index contributed by atoms with van der Waals surface area (Å²) in [6, 6.07) is 7.42. The zero-order chi connectivity index (χ0) is 22.4. The second kappa shape index (κ2) is 8.09. The number of nitrogens with zero attached hydrogens (tertiary/aromatic N) is 4. The highest BCUT2D eigenvalue weighted by Crippen LogP contribution is 2.34. The molecule has 1 saturated carbocycles. The van der Waals surface area contributed by atoms with Crippen molar-refractivity contribution in [1.82, 2.24) is 29.5 Å². The van der Waals surface area contributed by atoms with Crippen molar-refractivity contribution in [3.63, 3.8) is 0 Å². The van der Waals surface area contributed by atoms with Crippen LogP contribution in [0.2, 0.25) is 0 Å². The third-order valence-corrected chi connectivity index (χ3v) is 6.57. The lowest BCUT2D eigenvalue weighted by atomic mass is 9.90. The van der Waals surface area contributed by atoms with Crippen molar-refractivity contribution in [2.75, 3.05) is 7.11 Å². The number of hydrogen-bond acceptors (Lipinski definition) is 5. The molecule has 32 heavy (non-hydrogen) atoms. The van der Waals surface area contributed by atoms with E-state index in [1.54, 1.807) is 11.6 Å². The Morgan fingerprint density at radius 2 is 1.97 bits per heavy atom. The number of imidazole rings is 1. The molecule has 0 saturated heterocycles. The third kappa shape index (κ3) is 3.58. The highest BCUT2D eigenvalue weighted by atomic mass is 16.5. The first kappa shape index (κ1) is 20.8. The monoisotopic (exact) mass is 434 g/mol. The molecule has 0 atom stereocenters. The average Bonchev–Trinajstić information content (AvgIpc) is 3.36. The second-order valence-electron chi connectivity index (χ2n) is 9.14. The number of pyridine rings is 1. The summed E-state index contributed by atoms with van der Waals surface area (Å²) < 4.78 is 9.21. The predicted molar refractivity (Wildman–Crippen MR) is 125 cm³/mol. The van der Waals surface area contributed by atoms with Crippen molar-refractivity contribution in [3.05, 3.63) is 46.8 Å².